The molecule has 0 radical (unpaired) electrons. The van der Waals surface area contributed by atoms with Crippen molar-refractivity contribution in [1.82, 2.24) is 0 Å². The molecule has 0 heterocycles. The van der Waals surface area contributed by atoms with Gasteiger partial charge >= 0.3 is 17.7 Å². The van der Waals surface area contributed by atoms with Gasteiger partial charge in [-0.05, 0) is 0 Å². The van der Waals surface area contributed by atoms with Gasteiger partial charge < -0.3 is 17.3 Å². The predicted octanol–water partition coefficient (Wildman–Crippen LogP) is 0.647. The first-order chi connectivity index (χ1) is 4.00. The second-order valence-electron chi connectivity index (χ2n) is 0.943. The number of hydrogen-bond acceptors (Lipinski definition) is 2. The zero-order chi connectivity index (χ0) is 9.00. The second-order valence-corrected chi connectivity index (χ2v) is 1.84. The van der Waals surface area contributed by atoms with E-state index in [2.05, 4.69) is 0 Å². The third kappa shape index (κ3) is 2850. The fraction of sp³-hybridized carbons (Fsp3) is 0. The molecule has 0 saturated carbocycles. The van der Waals surface area contributed by atoms with E-state index >= 15 is 0 Å². The van der Waals surface area contributed by atoms with Crippen molar-refractivity contribution in [3.63, 3.8) is 0 Å². The largest absolute Gasteiger partial charge is 0.673 e. The molecule has 0 atom stereocenters. The lowest BCUT2D eigenvalue weighted by Crippen LogP contribution is -2.02. The summed E-state index contributed by atoms with van der Waals surface area (Å²) < 4.78 is 70.6. The Kier molecular flexibility index (Phi) is 4.61. The van der Waals surface area contributed by atoms with Gasteiger partial charge in [0.1, 0.15) is 0 Å². The van der Waals surface area contributed by atoms with E-state index in [0.717, 1.165) is 0 Å². The minimum Gasteiger partial charge on any atom is -0.418 e. The molecule has 0 amide bonds. The van der Waals surface area contributed by atoms with Crippen LogP contribution in [0.4, 0.5) is 17.3 Å². The minimum atomic E-state index is -6.00. The topological polar surface area (TPSA) is 74.6 Å². The molecule has 0 spiro atoms. The van der Waals surface area contributed by atoms with Crippen LogP contribution < -0.4 is 0 Å². The molecule has 0 aliphatic carbocycles. The summed E-state index contributed by atoms with van der Waals surface area (Å²) in [6.45, 7) is 0. The molecule has 0 saturated heterocycles. The van der Waals surface area contributed by atoms with Crippen LogP contribution in [0.1, 0.15) is 0 Å². The number of rotatable bonds is 0. The van der Waals surface area contributed by atoms with Gasteiger partial charge in [0.2, 0.25) is 0 Å². The fourth-order valence-electron chi connectivity index (χ4n) is 0. The van der Waals surface area contributed by atoms with Crippen molar-refractivity contribution in [2.75, 3.05) is 0 Å². The predicted molar refractivity (Wildman–Crippen MR) is 24.4 cm³/mol. The van der Waals surface area contributed by atoms with E-state index in [4.69, 9.17) is 17.5 Å². The zero-order valence-electron chi connectivity index (χ0n) is 4.21. The van der Waals surface area contributed by atoms with Gasteiger partial charge in [0.15, 0.2) is 0 Å². The van der Waals surface area contributed by atoms with E-state index in [9.17, 15) is 17.3 Å². The van der Waals surface area contributed by atoms with Gasteiger partial charge in [-0.25, -0.2) is 0 Å². The standard InChI is InChI=1S/BF4.H2O4S/c2-1(3,4)5;1-5(2,3)4/h;(H2,1,2,3,4)/q-1;. The second kappa shape index (κ2) is 3.73. The Morgan fingerprint density at radius 2 is 1.00 bits per heavy atom. The van der Waals surface area contributed by atoms with E-state index in [1.807, 2.05) is 0 Å². The molecular formula is H2BF4O4S-. The molecule has 2 N–H and O–H groups in total. The average molecular weight is 185 g/mol. The van der Waals surface area contributed by atoms with Crippen LogP contribution in [0.3, 0.4) is 0 Å². The summed E-state index contributed by atoms with van der Waals surface area (Å²) in [7, 11) is -10.7. The summed E-state index contributed by atoms with van der Waals surface area (Å²) in [6, 6.07) is 0. The lowest BCUT2D eigenvalue weighted by molar-refractivity contribution is 0.368. The van der Waals surface area contributed by atoms with Gasteiger partial charge in [-0.1, -0.05) is 0 Å². The van der Waals surface area contributed by atoms with Crippen molar-refractivity contribution >= 4 is 17.7 Å². The SMILES string of the molecule is F[B-](F)(F)F.O=S(=O)(O)O. The fourth-order valence-corrected chi connectivity index (χ4v) is 0. The first kappa shape index (κ1) is 12.3. The van der Waals surface area contributed by atoms with E-state index in [-0.39, 0.29) is 0 Å². The summed E-state index contributed by atoms with van der Waals surface area (Å²) >= 11 is 0. The molecule has 0 unspecified atom stereocenters. The number of hydrogen-bond donors (Lipinski definition) is 2. The third-order valence-electron chi connectivity index (χ3n) is 0. The van der Waals surface area contributed by atoms with Gasteiger partial charge in [-0.15, -0.1) is 0 Å². The maximum absolute atomic E-state index is 9.75. The molecule has 0 aliphatic rings. The summed E-state index contributed by atoms with van der Waals surface area (Å²) in [6.07, 6.45) is 0. The molecule has 0 fully saturated rings. The third-order valence-corrected chi connectivity index (χ3v) is 0. The Balaban J connectivity index is 0. The van der Waals surface area contributed by atoms with Crippen LogP contribution in [0.25, 0.3) is 0 Å². The highest BCUT2D eigenvalue weighted by atomic mass is 32.3. The molecule has 0 aromatic carbocycles. The van der Waals surface area contributed by atoms with Crippen molar-refractivity contribution in [1.29, 1.82) is 0 Å². The normalized spacial score (nSPS) is 11.8. The van der Waals surface area contributed by atoms with E-state index in [1.54, 1.807) is 0 Å². The monoisotopic (exact) mass is 185 g/mol. The molecule has 0 aromatic rings. The van der Waals surface area contributed by atoms with Gasteiger partial charge in [0, 0.05) is 0 Å². The van der Waals surface area contributed by atoms with Crippen LogP contribution in [0.15, 0.2) is 0 Å². The van der Waals surface area contributed by atoms with Crippen molar-refractivity contribution in [2.45, 2.75) is 0 Å². The summed E-state index contributed by atoms with van der Waals surface area (Å²) in [5, 5.41) is 0. The summed E-state index contributed by atoms with van der Waals surface area (Å²) in [5.74, 6) is 0. The highest BCUT2D eigenvalue weighted by Crippen LogP contribution is 2.06. The molecule has 4 nitrogen and oxygen atoms in total. The van der Waals surface area contributed by atoms with Crippen LogP contribution in [0.5, 0.6) is 0 Å². The Morgan fingerprint density at radius 3 is 1.00 bits per heavy atom. The van der Waals surface area contributed by atoms with E-state index in [1.165, 1.54) is 0 Å². The quantitative estimate of drug-likeness (QED) is 0.330. The Morgan fingerprint density at radius 1 is 1.00 bits per heavy atom. The van der Waals surface area contributed by atoms with E-state index in [0.29, 0.717) is 0 Å². The lowest BCUT2D eigenvalue weighted by Gasteiger charge is -1.94. The van der Waals surface area contributed by atoms with Crippen LogP contribution in [-0.4, -0.2) is 24.8 Å². The molecule has 64 valence electrons. The summed E-state index contributed by atoms with van der Waals surface area (Å²) in [5.41, 5.74) is 0. The maximum Gasteiger partial charge on any atom is 0.673 e. The molecule has 0 rings (SSSR count). The lowest BCUT2D eigenvalue weighted by atomic mass is 10.3. The molecule has 0 aromatic heterocycles. The summed E-state index contributed by atoms with van der Waals surface area (Å²) in [4.78, 5) is 0. The molecular weight excluding hydrogens is 183 g/mol. The molecule has 0 bridgehead atoms. The first-order valence-corrected chi connectivity index (χ1v) is 2.97. The van der Waals surface area contributed by atoms with Gasteiger partial charge in [-0.3, -0.25) is 9.11 Å². The molecule has 10 heteroatoms. The highest BCUT2D eigenvalue weighted by Gasteiger charge is 2.20. The van der Waals surface area contributed by atoms with Crippen LogP contribution in [-0.2, 0) is 10.4 Å². The zero-order valence-corrected chi connectivity index (χ0v) is 5.02. The van der Waals surface area contributed by atoms with Crippen LogP contribution >= 0.6 is 0 Å². The molecule has 10 heavy (non-hydrogen) atoms. The van der Waals surface area contributed by atoms with Gasteiger partial charge in [-0.2, -0.15) is 8.42 Å². The smallest absolute Gasteiger partial charge is 0.418 e. The minimum absolute atomic E-state index is 4.67. The average Bonchev–Trinajstić information content (AvgIpc) is 1.12. The Bertz CT molecular complexity index is 152. The first-order valence-electron chi connectivity index (χ1n) is 1.57. The Labute approximate surface area is 53.5 Å². The van der Waals surface area contributed by atoms with Crippen molar-refractivity contribution in [2.24, 2.45) is 0 Å². The van der Waals surface area contributed by atoms with Gasteiger partial charge in [0.25, 0.3) is 0 Å². The van der Waals surface area contributed by atoms with Crippen LogP contribution in [0, 0.1) is 0 Å². The highest BCUT2D eigenvalue weighted by molar-refractivity contribution is 7.79. The molecule has 0 aliphatic heterocycles. The maximum atomic E-state index is 9.75. The van der Waals surface area contributed by atoms with Crippen molar-refractivity contribution in [3.05, 3.63) is 0 Å². The van der Waals surface area contributed by atoms with E-state index < -0.39 is 17.7 Å². The Hall–Kier alpha value is -0.345. The van der Waals surface area contributed by atoms with Crippen molar-refractivity contribution < 1.29 is 34.8 Å². The van der Waals surface area contributed by atoms with Crippen molar-refractivity contribution in [3.8, 4) is 0 Å². The van der Waals surface area contributed by atoms with Gasteiger partial charge in [0.05, 0.1) is 0 Å². The van der Waals surface area contributed by atoms with Crippen LogP contribution in [0.2, 0.25) is 0 Å². The number of halogens is 4.